The number of hydrogen-bond donors (Lipinski definition) is 4. The summed E-state index contributed by atoms with van der Waals surface area (Å²) in [5, 5.41) is 20.4. The van der Waals surface area contributed by atoms with Crippen LogP contribution in [0, 0.1) is 5.21 Å². The Hall–Kier alpha value is -2.05. The monoisotopic (exact) mass is 333 g/mol. The predicted molar refractivity (Wildman–Crippen MR) is 60.3 cm³/mol. The van der Waals surface area contributed by atoms with Crippen LogP contribution in [0.5, 0.6) is 0 Å². The van der Waals surface area contributed by atoms with Gasteiger partial charge in [0.05, 0.1) is 0 Å². The van der Waals surface area contributed by atoms with Crippen molar-refractivity contribution in [1.29, 1.82) is 0 Å². The molecule has 0 aliphatic heterocycles. The normalized spacial score (nSPS) is 13.9. The van der Waals surface area contributed by atoms with Gasteiger partial charge in [0, 0.05) is 6.07 Å². The molecule has 6 nitrogen and oxygen atoms in total. The first kappa shape index (κ1) is 18.0. The lowest BCUT2D eigenvalue weighted by atomic mass is 10.2. The zero-order valence-electron chi connectivity index (χ0n) is 10.4. The molecule has 0 saturated carbocycles. The number of halogens is 6. The molecule has 1 atom stereocenters. The van der Waals surface area contributed by atoms with Crippen LogP contribution in [-0.4, -0.2) is 29.6 Å². The largest absolute Gasteiger partial charge is 0.595 e. The first-order valence-corrected chi connectivity index (χ1v) is 5.46. The van der Waals surface area contributed by atoms with Crippen LogP contribution in [0.2, 0.25) is 0 Å². The maximum atomic E-state index is 12.3. The van der Waals surface area contributed by atoms with Gasteiger partial charge in [-0.1, -0.05) is 12.1 Å². The molecular weight excluding hydrogens is 324 g/mol. The molecule has 0 saturated heterocycles. The van der Waals surface area contributed by atoms with Gasteiger partial charge in [0.25, 0.3) is 0 Å². The summed E-state index contributed by atoms with van der Waals surface area (Å²) in [5.74, 6) is 0. The number of carbonyl (C=O) groups excluding carboxylic acids is 1. The second-order valence-corrected chi connectivity index (χ2v) is 3.97. The Kier molecular flexibility index (Phi) is 5.22. The summed E-state index contributed by atoms with van der Waals surface area (Å²) in [6, 6.07) is -1.37. The van der Waals surface area contributed by atoms with Gasteiger partial charge >= 0.3 is 18.4 Å². The van der Waals surface area contributed by atoms with Crippen molar-refractivity contribution >= 4 is 17.4 Å². The lowest BCUT2D eigenvalue weighted by Crippen LogP contribution is -2.99. The molecule has 1 rings (SSSR count). The number of nitrogens with one attached hydrogen (secondary N) is 3. The van der Waals surface area contributed by atoms with E-state index in [1.807, 2.05) is 0 Å². The minimum atomic E-state index is -5.75. The Balaban J connectivity index is 2.90. The molecule has 0 aliphatic carbocycles. The third kappa shape index (κ3) is 4.75. The van der Waals surface area contributed by atoms with Crippen molar-refractivity contribution in [3.63, 3.8) is 0 Å². The standard InChI is InChI=1S/C10H9F6N3O3/c11-9(12,13)7(10(14,15)16)18-8(20)17-5-3-1-2-4-6(5)19(21)22/h1-4,7,19,21H,(H2,17,18,20). The van der Waals surface area contributed by atoms with Gasteiger partial charge in [-0.2, -0.15) is 31.6 Å². The van der Waals surface area contributed by atoms with Crippen molar-refractivity contribution in [3.05, 3.63) is 29.5 Å². The topological polar surface area (TPSA) is 88.9 Å². The summed E-state index contributed by atoms with van der Waals surface area (Å²) in [7, 11) is 0. The third-order valence-electron chi connectivity index (χ3n) is 2.34. The highest BCUT2D eigenvalue weighted by atomic mass is 19.4. The van der Waals surface area contributed by atoms with Gasteiger partial charge < -0.3 is 15.8 Å². The van der Waals surface area contributed by atoms with Crippen molar-refractivity contribution in [2.45, 2.75) is 18.4 Å². The summed E-state index contributed by atoms with van der Waals surface area (Å²) in [6.45, 7) is 0. The molecule has 1 aromatic rings. The molecule has 0 bridgehead atoms. The Morgan fingerprint density at radius 1 is 1.14 bits per heavy atom. The van der Waals surface area contributed by atoms with Crippen molar-refractivity contribution in [2.24, 2.45) is 0 Å². The van der Waals surface area contributed by atoms with Crippen LogP contribution >= 0.6 is 0 Å². The second-order valence-electron chi connectivity index (χ2n) is 3.97. The lowest BCUT2D eigenvalue weighted by molar-refractivity contribution is -0.990. The minimum Gasteiger partial charge on any atom is -0.595 e. The number of urea groups is 1. The maximum absolute atomic E-state index is 12.3. The van der Waals surface area contributed by atoms with Crippen molar-refractivity contribution < 1.29 is 41.6 Å². The minimum absolute atomic E-state index is 0.449. The van der Waals surface area contributed by atoms with E-state index < -0.39 is 41.0 Å². The average Bonchev–Trinajstić information content (AvgIpc) is 2.33. The van der Waals surface area contributed by atoms with Gasteiger partial charge in [-0.15, -0.1) is 0 Å². The van der Waals surface area contributed by atoms with Crippen LogP contribution in [0.3, 0.4) is 0 Å². The van der Waals surface area contributed by atoms with E-state index in [4.69, 9.17) is 5.21 Å². The Morgan fingerprint density at radius 3 is 2.09 bits per heavy atom. The molecule has 0 fully saturated rings. The molecule has 1 unspecified atom stereocenters. The number of para-hydroxylation sites is 2. The Labute approximate surface area is 118 Å². The molecule has 0 radical (unpaired) electrons. The van der Waals surface area contributed by atoms with Gasteiger partial charge in [-0.25, -0.2) is 10.0 Å². The highest BCUT2D eigenvalue weighted by Crippen LogP contribution is 2.33. The summed E-state index contributed by atoms with van der Waals surface area (Å²) in [4.78, 5) is 11.3. The summed E-state index contributed by atoms with van der Waals surface area (Å²) >= 11 is 0. The highest BCUT2D eigenvalue weighted by Gasteiger charge is 2.57. The van der Waals surface area contributed by atoms with Crippen molar-refractivity contribution in [1.82, 2.24) is 5.32 Å². The molecular formula is C10H9F6N3O3. The van der Waals surface area contributed by atoms with E-state index >= 15 is 0 Å². The number of amides is 2. The number of quaternary nitrogens is 1. The maximum Gasteiger partial charge on any atom is 0.417 e. The molecule has 124 valence electrons. The lowest BCUT2D eigenvalue weighted by Gasteiger charge is -2.24. The molecule has 0 heterocycles. The van der Waals surface area contributed by atoms with Crippen molar-refractivity contribution in [2.75, 3.05) is 5.32 Å². The van der Waals surface area contributed by atoms with Gasteiger partial charge in [0.2, 0.25) is 6.04 Å². The fraction of sp³-hybridized carbons (Fsp3) is 0.300. The smallest absolute Gasteiger partial charge is 0.417 e. The van der Waals surface area contributed by atoms with E-state index in [1.165, 1.54) is 12.1 Å². The first-order chi connectivity index (χ1) is 9.93. The first-order valence-electron chi connectivity index (χ1n) is 5.46. The zero-order chi connectivity index (χ0) is 17.1. The predicted octanol–water partition coefficient (Wildman–Crippen LogP) is 1.70. The van der Waals surface area contributed by atoms with Gasteiger partial charge in [-0.05, 0) is 6.07 Å². The van der Waals surface area contributed by atoms with E-state index in [0.29, 0.717) is 0 Å². The van der Waals surface area contributed by atoms with Crippen LogP contribution < -0.4 is 15.9 Å². The molecule has 1 aromatic carbocycles. The summed E-state index contributed by atoms with van der Waals surface area (Å²) in [5.41, 5.74) is -0.941. The van der Waals surface area contributed by atoms with Gasteiger partial charge in [0.15, 0.2) is 5.69 Å². The molecule has 0 aliphatic rings. The van der Waals surface area contributed by atoms with Crippen LogP contribution in [-0.2, 0) is 0 Å². The SMILES string of the molecule is O=C(Nc1ccccc1[NH+]([O-])O)NC(C(F)(F)F)C(F)(F)F. The zero-order valence-corrected chi connectivity index (χ0v) is 10.4. The van der Waals surface area contributed by atoms with Crippen LogP contribution in [0.1, 0.15) is 0 Å². The van der Waals surface area contributed by atoms with Crippen molar-refractivity contribution in [3.8, 4) is 0 Å². The molecule has 2 amide bonds. The summed E-state index contributed by atoms with van der Waals surface area (Å²) < 4.78 is 73.6. The van der Waals surface area contributed by atoms with Crippen LogP contribution in [0.25, 0.3) is 0 Å². The van der Waals surface area contributed by atoms with Gasteiger partial charge in [0.1, 0.15) is 5.69 Å². The number of alkyl halides is 6. The second kappa shape index (κ2) is 6.37. The van der Waals surface area contributed by atoms with E-state index in [2.05, 4.69) is 0 Å². The van der Waals surface area contributed by atoms with E-state index in [9.17, 15) is 36.3 Å². The molecule has 22 heavy (non-hydrogen) atoms. The number of carbonyl (C=O) groups is 1. The van der Waals surface area contributed by atoms with Crippen LogP contribution in [0.4, 0.5) is 42.5 Å². The third-order valence-corrected chi connectivity index (χ3v) is 2.34. The number of hydrogen-bond acceptors (Lipinski definition) is 3. The highest BCUT2D eigenvalue weighted by molar-refractivity contribution is 5.91. The number of benzene rings is 1. The van der Waals surface area contributed by atoms with Gasteiger partial charge in [-0.3, -0.25) is 0 Å². The summed E-state index contributed by atoms with van der Waals surface area (Å²) in [6.07, 6.45) is -11.5. The van der Waals surface area contributed by atoms with E-state index in [1.54, 1.807) is 5.32 Å². The quantitative estimate of drug-likeness (QED) is 0.501. The molecule has 12 heteroatoms. The van der Waals surface area contributed by atoms with Crippen LogP contribution in [0.15, 0.2) is 24.3 Å². The Morgan fingerprint density at radius 2 is 1.64 bits per heavy atom. The van der Waals surface area contributed by atoms with E-state index in [-0.39, 0.29) is 0 Å². The number of rotatable bonds is 3. The average molecular weight is 333 g/mol. The fourth-order valence-corrected chi connectivity index (χ4v) is 1.42. The Bertz CT molecular complexity index is 517. The number of anilines is 1. The molecule has 4 N–H and O–H groups in total. The molecule has 0 aromatic heterocycles. The fourth-order valence-electron chi connectivity index (χ4n) is 1.42. The van der Waals surface area contributed by atoms with E-state index in [0.717, 1.165) is 17.4 Å². The molecule has 0 spiro atoms.